The van der Waals surface area contributed by atoms with E-state index in [1.807, 2.05) is 12.1 Å². The SMILES string of the molecule is COc1cc(CNC(=O)[C@H]2CCN(C(C)c3cccc4ccccc34)C2)ccn1. The number of likely N-dealkylation sites (tertiary alicyclic amines) is 1. The van der Waals surface area contributed by atoms with Crippen molar-refractivity contribution in [1.82, 2.24) is 15.2 Å². The Balaban J connectivity index is 1.38. The van der Waals surface area contributed by atoms with Crippen molar-refractivity contribution >= 4 is 16.7 Å². The molecule has 0 radical (unpaired) electrons. The molecule has 0 bridgehead atoms. The highest BCUT2D eigenvalue weighted by atomic mass is 16.5. The number of pyridine rings is 1. The van der Waals surface area contributed by atoms with Crippen LogP contribution < -0.4 is 10.1 Å². The molecule has 1 aliphatic rings. The van der Waals surface area contributed by atoms with Gasteiger partial charge in [0.1, 0.15) is 0 Å². The maximum absolute atomic E-state index is 12.7. The van der Waals surface area contributed by atoms with Crippen LogP contribution in [-0.4, -0.2) is 36.0 Å². The lowest BCUT2D eigenvalue weighted by atomic mass is 9.99. The maximum atomic E-state index is 12.7. The molecule has 29 heavy (non-hydrogen) atoms. The number of nitrogens with one attached hydrogen (secondary N) is 1. The van der Waals surface area contributed by atoms with Crippen LogP contribution in [0.25, 0.3) is 10.8 Å². The number of ether oxygens (including phenoxy) is 1. The molecular formula is C24H27N3O2. The predicted molar refractivity (Wildman–Crippen MR) is 115 cm³/mol. The molecule has 2 atom stereocenters. The van der Waals surface area contributed by atoms with Crippen molar-refractivity contribution in [3.63, 3.8) is 0 Å². The molecule has 150 valence electrons. The van der Waals surface area contributed by atoms with Crippen molar-refractivity contribution < 1.29 is 9.53 Å². The van der Waals surface area contributed by atoms with Crippen molar-refractivity contribution in [1.29, 1.82) is 0 Å². The van der Waals surface area contributed by atoms with E-state index in [9.17, 15) is 4.79 Å². The molecule has 1 fully saturated rings. The molecule has 1 amide bonds. The summed E-state index contributed by atoms with van der Waals surface area (Å²) >= 11 is 0. The second-order valence-corrected chi connectivity index (χ2v) is 7.65. The van der Waals surface area contributed by atoms with Gasteiger partial charge in [0.05, 0.1) is 13.0 Å². The van der Waals surface area contributed by atoms with Crippen molar-refractivity contribution in [2.45, 2.75) is 25.9 Å². The van der Waals surface area contributed by atoms with Gasteiger partial charge in [-0.05, 0) is 47.9 Å². The number of hydrogen-bond donors (Lipinski definition) is 1. The highest BCUT2D eigenvalue weighted by Gasteiger charge is 2.31. The molecular weight excluding hydrogens is 362 g/mol. The van der Waals surface area contributed by atoms with E-state index in [1.54, 1.807) is 13.3 Å². The fraction of sp³-hybridized carbons (Fsp3) is 0.333. The summed E-state index contributed by atoms with van der Waals surface area (Å²) in [6, 6.07) is 19.0. The molecule has 2 heterocycles. The standard InChI is InChI=1S/C24H27N3O2/c1-17(21-9-5-7-19-6-3-4-8-22(19)21)27-13-11-20(16-27)24(28)26-15-18-10-12-25-23(14-18)29-2/h3-10,12,14,17,20H,11,13,15-16H2,1-2H3,(H,26,28)/t17?,20-/m0/s1. The summed E-state index contributed by atoms with van der Waals surface area (Å²) in [5, 5.41) is 5.63. The number of benzene rings is 2. The van der Waals surface area contributed by atoms with Gasteiger partial charge in [-0.3, -0.25) is 9.69 Å². The van der Waals surface area contributed by atoms with E-state index in [2.05, 4.69) is 64.6 Å². The summed E-state index contributed by atoms with van der Waals surface area (Å²) in [7, 11) is 1.59. The average molecular weight is 389 g/mol. The van der Waals surface area contributed by atoms with Crippen molar-refractivity contribution in [2.24, 2.45) is 5.92 Å². The van der Waals surface area contributed by atoms with E-state index in [-0.39, 0.29) is 17.9 Å². The minimum absolute atomic E-state index is 0.0242. The molecule has 1 aromatic heterocycles. The number of amides is 1. The summed E-state index contributed by atoms with van der Waals surface area (Å²) in [5.74, 6) is 0.706. The second kappa shape index (κ2) is 8.62. The van der Waals surface area contributed by atoms with Gasteiger partial charge >= 0.3 is 0 Å². The lowest BCUT2D eigenvalue weighted by Crippen LogP contribution is -2.33. The monoisotopic (exact) mass is 389 g/mol. The molecule has 4 rings (SSSR count). The molecule has 0 aliphatic carbocycles. The molecule has 5 nitrogen and oxygen atoms in total. The van der Waals surface area contributed by atoms with Crippen LogP contribution in [0.5, 0.6) is 5.88 Å². The highest BCUT2D eigenvalue weighted by Crippen LogP contribution is 2.31. The predicted octanol–water partition coefficient (Wildman–Crippen LogP) is 3.94. The first-order valence-electron chi connectivity index (χ1n) is 10.1. The number of methoxy groups -OCH3 is 1. The van der Waals surface area contributed by atoms with Crippen LogP contribution >= 0.6 is 0 Å². The van der Waals surface area contributed by atoms with Gasteiger partial charge < -0.3 is 10.1 Å². The lowest BCUT2D eigenvalue weighted by molar-refractivity contribution is -0.124. The van der Waals surface area contributed by atoms with Gasteiger partial charge in [-0.1, -0.05) is 42.5 Å². The van der Waals surface area contributed by atoms with E-state index in [1.165, 1.54) is 16.3 Å². The minimum atomic E-state index is 0.0242. The summed E-state index contributed by atoms with van der Waals surface area (Å²) in [4.78, 5) is 19.2. The molecule has 1 N–H and O–H groups in total. The summed E-state index contributed by atoms with van der Waals surface area (Å²) < 4.78 is 5.14. The Morgan fingerprint density at radius 2 is 2.07 bits per heavy atom. The number of carbonyl (C=O) groups excluding carboxylic acids is 1. The van der Waals surface area contributed by atoms with E-state index in [4.69, 9.17) is 4.74 Å². The van der Waals surface area contributed by atoms with E-state index < -0.39 is 0 Å². The fourth-order valence-corrected chi connectivity index (χ4v) is 4.17. The van der Waals surface area contributed by atoms with Crippen LogP contribution in [0.4, 0.5) is 0 Å². The van der Waals surface area contributed by atoms with Crippen LogP contribution in [0, 0.1) is 5.92 Å². The van der Waals surface area contributed by atoms with Crippen molar-refractivity contribution in [3.8, 4) is 5.88 Å². The molecule has 3 aromatic rings. The van der Waals surface area contributed by atoms with Crippen molar-refractivity contribution in [3.05, 3.63) is 71.9 Å². The number of rotatable bonds is 6. The third-order valence-corrected chi connectivity index (χ3v) is 5.89. The smallest absolute Gasteiger partial charge is 0.224 e. The first kappa shape index (κ1) is 19.4. The van der Waals surface area contributed by atoms with Gasteiger partial charge in [0.2, 0.25) is 11.8 Å². The normalized spacial score (nSPS) is 17.9. The number of carbonyl (C=O) groups is 1. The largest absolute Gasteiger partial charge is 0.481 e. The first-order valence-corrected chi connectivity index (χ1v) is 10.1. The van der Waals surface area contributed by atoms with Crippen molar-refractivity contribution in [2.75, 3.05) is 20.2 Å². The van der Waals surface area contributed by atoms with Gasteiger partial charge in [0.15, 0.2) is 0 Å². The maximum Gasteiger partial charge on any atom is 0.224 e. The number of fused-ring (bicyclic) bond motifs is 1. The van der Waals surface area contributed by atoms with Crippen LogP contribution in [0.2, 0.25) is 0 Å². The Bertz CT molecular complexity index is 999. The lowest BCUT2D eigenvalue weighted by Gasteiger charge is -2.26. The molecule has 2 aromatic carbocycles. The summed E-state index contributed by atoms with van der Waals surface area (Å²) in [6.45, 7) is 4.46. The minimum Gasteiger partial charge on any atom is -0.481 e. The van der Waals surface area contributed by atoms with E-state index in [0.717, 1.165) is 25.1 Å². The molecule has 0 saturated carbocycles. The zero-order chi connectivity index (χ0) is 20.2. The zero-order valence-electron chi connectivity index (χ0n) is 17.0. The fourth-order valence-electron chi connectivity index (χ4n) is 4.17. The van der Waals surface area contributed by atoms with E-state index >= 15 is 0 Å². The van der Waals surface area contributed by atoms with Gasteiger partial charge in [0.25, 0.3) is 0 Å². The molecule has 1 aliphatic heterocycles. The molecule has 5 heteroatoms. The number of nitrogens with zero attached hydrogens (tertiary/aromatic N) is 2. The second-order valence-electron chi connectivity index (χ2n) is 7.65. The quantitative estimate of drug-likeness (QED) is 0.694. The number of hydrogen-bond acceptors (Lipinski definition) is 4. The highest BCUT2D eigenvalue weighted by molar-refractivity contribution is 5.86. The third kappa shape index (κ3) is 4.25. The summed E-state index contributed by atoms with van der Waals surface area (Å²) in [6.07, 6.45) is 2.59. The van der Waals surface area contributed by atoms with Crippen LogP contribution in [0.15, 0.2) is 60.8 Å². The number of aromatic nitrogens is 1. The Morgan fingerprint density at radius 3 is 2.93 bits per heavy atom. The van der Waals surface area contributed by atoms with Crippen LogP contribution in [-0.2, 0) is 11.3 Å². The van der Waals surface area contributed by atoms with E-state index in [0.29, 0.717) is 12.4 Å². The van der Waals surface area contributed by atoms with Gasteiger partial charge in [-0.2, -0.15) is 0 Å². The molecule has 1 unspecified atom stereocenters. The Morgan fingerprint density at radius 1 is 1.24 bits per heavy atom. The van der Waals surface area contributed by atoms with Crippen LogP contribution in [0.1, 0.15) is 30.5 Å². The van der Waals surface area contributed by atoms with Gasteiger partial charge in [-0.15, -0.1) is 0 Å². The Hall–Kier alpha value is -2.92. The third-order valence-electron chi connectivity index (χ3n) is 5.89. The zero-order valence-corrected chi connectivity index (χ0v) is 17.0. The average Bonchev–Trinajstić information content (AvgIpc) is 3.27. The van der Waals surface area contributed by atoms with Gasteiger partial charge in [-0.25, -0.2) is 4.98 Å². The Kier molecular flexibility index (Phi) is 5.76. The van der Waals surface area contributed by atoms with Crippen LogP contribution in [0.3, 0.4) is 0 Å². The molecule has 1 saturated heterocycles. The van der Waals surface area contributed by atoms with Gasteiger partial charge in [0, 0.05) is 31.4 Å². The topological polar surface area (TPSA) is 54.5 Å². The molecule has 0 spiro atoms. The summed E-state index contributed by atoms with van der Waals surface area (Å²) in [5.41, 5.74) is 2.32. The first-order chi connectivity index (χ1) is 14.2. The Labute approximate surface area is 171 Å².